The van der Waals surface area contributed by atoms with Crippen molar-refractivity contribution in [3.05, 3.63) is 109 Å². The Balaban J connectivity index is 4.38. The van der Waals surface area contributed by atoms with Gasteiger partial charge < -0.3 is 14.2 Å². The molecule has 0 aromatic heterocycles. The summed E-state index contributed by atoms with van der Waals surface area (Å²) >= 11 is 0. The van der Waals surface area contributed by atoms with E-state index < -0.39 is 6.10 Å². The minimum Gasteiger partial charge on any atom is -0.462 e. The lowest BCUT2D eigenvalue weighted by Crippen LogP contribution is -2.30. The van der Waals surface area contributed by atoms with Crippen molar-refractivity contribution in [3.63, 3.8) is 0 Å². The van der Waals surface area contributed by atoms with Gasteiger partial charge in [0.15, 0.2) is 6.10 Å². The normalized spacial score (nSPS) is 12.9. The summed E-state index contributed by atoms with van der Waals surface area (Å²) in [6, 6.07) is 0. The zero-order valence-electron chi connectivity index (χ0n) is 48.3. The molecule has 0 bridgehead atoms. The van der Waals surface area contributed by atoms with Gasteiger partial charge in [0.05, 0.1) is 0 Å². The molecule has 0 heterocycles. The summed E-state index contributed by atoms with van der Waals surface area (Å²) in [5.74, 6) is -0.912. The van der Waals surface area contributed by atoms with Crippen LogP contribution in [0.25, 0.3) is 0 Å². The molecule has 6 heteroatoms. The average molecular weight is 1030 g/mol. The Bertz CT molecular complexity index is 1510. The van der Waals surface area contributed by atoms with Crippen molar-refractivity contribution in [3.8, 4) is 0 Å². The van der Waals surface area contributed by atoms with E-state index in [1.54, 1.807) is 0 Å². The molecular formula is C68H114O6. The molecule has 0 aromatic carbocycles. The van der Waals surface area contributed by atoms with Crippen molar-refractivity contribution in [1.29, 1.82) is 0 Å². The van der Waals surface area contributed by atoms with Gasteiger partial charge >= 0.3 is 17.9 Å². The quantitative estimate of drug-likeness (QED) is 0.0261. The van der Waals surface area contributed by atoms with Crippen LogP contribution >= 0.6 is 0 Å². The zero-order chi connectivity index (χ0) is 53.6. The van der Waals surface area contributed by atoms with Gasteiger partial charge in [-0.15, -0.1) is 0 Å². The summed E-state index contributed by atoms with van der Waals surface area (Å²) in [5, 5.41) is 0. The summed E-state index contributed by atoms with van der Waals surface area (Å²) < 4.78 is 16.9. The zero-order valence-corrected chi connectivity index (χ0v) is 48.3. The van der Waals surface area contributed by atoms with Crippen LogP contribution in [0.1, 0.15) is 284 Å². The molecule has 0 amide bonds. The van der Waals surface area contributed by atoms with Gasteiger partial charge in [-0.3, -0.25) is 14.4 Å². The van der Waals surface area contributed by atoms with Crippen molar-refractivity contribution >= 4 is 17.9 Å². The first kappa shape index (κ1) is 70.1. The number of hydrogen-bond acceptors (Lipinski definition) is 6. The second-order valence-corrected chi connectivity index (χ2v) is 20.2. The molecule has 422 valence electrons. The van der Waals surface area contributed by atoms with Crippen molar-refractivity contribution < 1.29 is 28.6 Å². The second-order valence-electron chi connectivity index (χ2n) is 20.2. The molecule has 74 heavy (non-hydrogen) atoms. The van der Waals surface area contributed by atoms with Crippen LogP contribution in [0.5, 0.6) is 0 Å². The predicted octanol–water partition coefficient (Wildman–Crippen LogP) is 21.0. The van der Waals surface area contributed by atoms with Gasteiger partial charge in [-0.1, -0.05) is 271 Å². The Hall–Kier alpha value is -3.93. The maximum absolute atomic E-state index is 12.9. The maximum Gasteiger partial charge on any atom is 0.306 e. The molecule has 0 aliphatic rings. The van der Waals surface area contributed by atoms with Crippen LogP contribution in [-0.2, 0) is 28.6 Å². The summed E-state index contributed by atoms with van der Waals surface area (Å²) in [5.41, 5.74) is 0. The fourth-order valence-corrected chi connectivity index (χ4v) is 8.46. The first-order valence-corrected chi connectivity index (χ1v) is 30.9. The largest absolute Gasteiger partial charge is 0.462 e. The molecule has 0 rings (SSSR count). The molecule has 0 N–H and O–H groups in total. The fraction of sp³-hybridized carbons (Fsp3) is 0.691. The SMILES string of the molecule is CC/C=C\C/C=C\C/C=C\C/C=C\C/C=C\CCCCCCCCCCCC(=O)OCC(COC(=O)CCCCCCCCCCCCCCCC)OC(=O)CCCCCC/C=C\C/C=C\C/C=C\C/C=C\CC. The van der Waals surface area contributed by atoms with Gasteiger partial charge in [-0.25, -0.2) is 0 Å². The molecule has 1 atom stereocenters. The lowest BCUT2D eigenvalue weighted by molar-refractivity contribution is -0.167. The van der Waals surface area contributed by atoms with E-state index in [1.807, 2.05) is 0 Å². The third-order valence-corrected chi connectivity index (χ3v) is 13.0. The smallest absolute Gasteiger partial charge is 0.306 e. The number of carbonyl (C=O) groups is 3. The van der Waals surface area contributed by atoms with Gasteiger partial charge in [0, 0.05) is 19.3 Å². The van der Waals surface area contributed by atoms with E-state index in [2.05, 4.69) is 130 Å². The predicted molar refractivity (Wildman–Crippen MR) is 320 cm³/mol. The van der Waals surface area contributed by atoms with Crippen LogP contribution in [0, 0.1) is 0 Å². The van der Waals surface area contributed by atoms with E-state index >= 15 is 0 Å². The summed E-state index contributed by atoms with van der Waals surface area (Å²) in [6.07, 6.45) is 83.7. The molecule has 0 spiro atoms. The van der Waals surface area contributed by atoms with Crippen LogP contribution in [0.3, 0.4) is 0 Å². The number of allylic oxidation sites excluding steroid dienone is 18. The van der Waals surface area contributed by atoms with E-state index in [0.29, 0.717) is 19.3 Å². The number of unbranched alkanes of at least 4 members (excludes halogenated alkanes) is 26. The van der Waals surface area contributed by atoms with Crippen LogP contribution in [0.2, 0.25) is 0 Å². The minimum absolute atomic E-state index is 0.0886. The number of esters is 3. The van der Waals surface area contributed by atoms with E-state index in [-0.39, 0.29) is 31.1 Å². The summed E-state index contributed by atoms with van der Waals surface area (Å²) in [6.45, 7) is 6.41. The Morgan fingerprint density at radius 1 is 0.284 bits per heavy atom. The van der Waals surface area contributed by atoms with Crippen molar-refractivity contribution in [2.75, 3.05) is 13.2 Å². The van der Waals surface area contributed by atoms with E-state index in [0.717, 1.165) is 135 Å². The first-order chi connectivity index (χ1) is 36.5. The summed E-state index contributed by atoms with van der Waals surface area (Å²) in [4.78, 5) is 38.3. The first-order valence-electron chi connectivity index (χ1n) is 30.9. The van der Waals surface area contributed by atoms with Gasteiger partial charge in [-0.2, -0.15) is 0 Å². The van der Waals surface area contributed by atoms with Crippen molar-refractivity contribution in [1.82, 2.24) is 0 Å². The van der Waals surface area contributed by atoms with Crippen LogP contribution < -0.4 is 0 Å². The topological polar surface area (TPSA) is 78.9 Å². The Morgan fingerprint density at radius 2 is 0.527 bits per heavy atom. The van der Waals surface area contributed by atoms with Crippen molar-refractivity contribution in [2.24, 2.45) is 0 Å². The van der Waals surface area contributed by atoms with Gasteiger partial charge in [-0.05, 0) is 103 Å². The van der Waals surface area contributed by atoms with E-state index in [4.69, 9.17) is 14.2 Å². The minimum atomic E-state index is -0.794. The molecule has 1 unspecified atom stereocenters. The Kier molecular flexibility index (Phi) is 58.3. The average Bonchev–Trinajstić information content (AvgIpc) is 3.40. The molecule has 0 saturated heterocycles. The van der Waals surface area contributed by atoms with E-state index in [9.17, 15) is 14.4 Å². The van der Waals surface area contributed by atoms with Crippen LogP contribution in [-0.4, -0.2) is 37.2 Å². The molecule has 0 aliphatic carbocycles. The molecule has 0 saturated carbocycles. The lowest BCUT2D eigenvalue weighted by atomic mass is 10.0. The third-order valence-electron chi connectivity index (χ3n) is 13.0. The molecule has 0 aromatic rings. The number of rotatable bonds is 55. The van der Waals surface area contributed by atoms with Gasteiger partial charge in [0.2, 0.25) is 0 Å². The molecular weight excluding hydrogens is 913 g/mol. The molecule has 6 nitrogen and oxygen atoms in total. The van der Waals surface area contributed by atoms with Crippen LogP contribution in [0.4, 0.5) is 0 Å². The Labute approximate surface area is 457 Å². The second kappa shape index (κ2) is 61.6. The highest BCUT2D eigenvalue weighted by atomic mass is 16.6. The standard InChI is InChI=1S/C68H114O6/c1-4-7-10-13-16-19-22-25-28-30-31-32-33-34-35-36-37-39-40-43-46-49-52-55-58-61-67(70)73-64-65(63-72-66(69)60-57-54-51-48-45-42-27-24-21-18-15-12-9-6-3)74-68(71)62-59-56-53-50-47-44-41-38-29-26-23-20-17-14-11-8-5-2/h7-8,10-11,16-17,19-20,25-26,28-29,31-32,34-35,41,44,65H,4-6,9,12-15,18,21-24,27,30,33,36-40,42-43,45-64H2,1-3H3/b10-7-,11-8-,19-16-,20-17-,28-25-,29-26-,32-31-,35-34-,44-41-. The Morgan fingerprint density at radius 3 is 0.824 bits per heavy atom. The molecule has 0 radical (unpaired) electrons. The molecule has 0 fully saturated rings. The van der Waals surface area contributed by atoms with Crippen molar-refractivity contribution in [2.45, 2.75) is 290 Å². The van der Waals surface area contributed by atoms with E-state index in [1.165, 1.54) is 109 Å². The number of ether oxygens (including phenoxy) is 3. The molecule has 0 aliphatic heterocycles. The fourth-order valence-electron chi connectivity index (χ4n) is 8.46. The van der Waals surface area contributed by atoms with Gasteiger partial charge in [0.1, 0.15) is 13.2 Å². The van der Waals surface area contributed by atoms with Gasteiger partial charge in [0.25, 0.3) is 0 Å². The highest BCUT2D eigenvalue weighted by molar-refractivity contribution is 5.71. The maximum atomic E-state index is 12.9. The summed E-state index contributed by atoms with van der Waals surface area (Å²) in [7, 11) is 0. The number of carbonyl (C=O) groups excluding carboxylic acids is 3. The van der Waals surface area contributed by atoms with Crippen LogP contribution in [0.15, 0.2) is 109 Å². The third kappa shape index (κ3) is 59.0. The monoisotopic (exact) mass is 1030 g/mol. The highest BCUT2D eigenvalue weighted by Crippen LogP contribution is 2.16. The number of hydrogen-bond donors (Lipinski definition) is 0. The highest BCUT2D eigenvalue weighted by Gasteiger charge is 2.19. The lowest BCUT2D eigenvalue weighted by Gasteiger charge is -2.18.